The summed E-state index contributed by atoms with van der Waals surface area (Å²) in [5.41, 5.74) is 1.35. The van der Waals surface area contributed by atoms with Crippen molar-refractivity contribution in [2.45, 2.75) is 52.2 Å². The Morgan fingerprint density at radius 1 is 1.22 bits per heavy atom. The number of nitrogens with zero attached hydrogens (tertiary/aromatic N) is 5. The molecule has 1 aromatic heterocycles. The van der Waals surface area contributed by atoms with Crippen molar-refractivity contribution in [3.63, 3.8) is 0 Å². The topological polar surface area (TPSA) is 56.1 Å². The molecule has 1 aliphatic heterocycles. The van der Waals surface area contributed by atoms with Gasteiger partial charge >= 0.3 is 0 Å². The SMILES string of the molecule is CCCn1nnnc1CN1CCCC1c1ccc(OCC)cc1. The number of aryl methyl sites for hydroxylation is 1. The minimum atomic E-state index is 0.442. The van der Waals surface area contributed by atoms with Crippen molar-refractivity contribution in [3.05, 3.63) is 35.7 Å². The lowest BCUT2D eigenvalue weighted by molar-refractivity contribution is 0.237. The second kappa shape index (κ2) is 7.55. The van der Waals surface area contributed by atoms with Crippen LogP contribution in [-0.2, 0) is 13.1 Å². The van der Waals surface area contributed by atoms with E-state index in [4.69, 9.17) is 4.74 Å². The second-order valence-corrected chi connectivity index (χ2v) is 5.95. The Balaban J connectivity index is 1.71. The van der Waals surface area contributed by atoms with Gasteiger partial charge in [-0.2, -0.15) is 0 Å². The van der Waals surface area contributed by atoms with Crippen molar-refractivity contribution in [1.29, 1.82) is 0 Å². The molecule has 0 saturated carbocycles. The lowest BCUT2D eigenvalue weighted by atomic mass is 10.0. The molecule has 0 amide bonds. The van der Waals surface area contributed by atoms with E-state index in [1.54, 1.807) is 0 Å². The van der Waals surface area contributed by atoms with Crippen LogP contribution in [0, 0.1) is 0 Å². The fourth-order valence-electron chi connectivity index (χ4n) is 3.25. The molecule has 2 aromatic rings. The van der Waals surface area contributed by atoms with E-state index in [0.29, 0.717) is 12.6 Å². The number of aromatic nitrogens is 4. The highest BCUT2D eigenvalue weighted by atomic mass is 16.5. The summed E-state index contributed by atoms with van der Waals surface area (Å²) in [4.78, 5) is 2.48. The van der Waals surface area contributed by atoms with Gasteiger partial charge in [-0.3, -0.25) is 4.90 Å². The first-order valence-corrected chi connectivity index (χ1v) is 8.53. The standard InChI is InChI=1S/C17H25N5O/c1-3-11-22-17(18-19-20-22)13-21-12-5-6-16(21)14-7-9-15(10-8-14)23-4-2/h7-10,16H,3-6,11-13H2,1-2H3. The van der Waals surface area contributed by atoms with Crippen LogP contribution < -0.4 is 4.74 Å². The highest BCUT2D eigenvalue weighted by Gasteiger charge is 2.27. The molecule has 1 unspecified atom stereocenters. The summed E-state index contributed by atoms with van der Waals surface area (Å²) in [7, 11) is 0. The van der Waals surface area contributed by atoms with Crippen LogP contribution in [0.5, 0.6) is 5.75 Å². The Bertz CT molecular complexity index is 610. The van der Waals surface area contributed by atoms with E-state index >= 15 is 0 Å². The molecule has 124 valence electrons. The first kappa shape index (κ1) is 15.9. The zero-order chi connectivity index (χ0) is 16.1. The predicted molar refractivity (Wildman–Crippen MR) is 88.1 cm³/mol. The van der Waals surface area contributed by atoms with E-state index < -0.39 is 0 Å². The Labute approximate surface area is 137 Å². The molecule has 0 aliphatic carbocycles. The van der Waals surface area contributed by atoms with Crippen molar-refractivity contribution in [3.8, 4) is 5.75 Å². The second-order valence-electron chi connectivity index (χ2n) is 5.95. The van der Waals surface area contributed by atoms with Crippen LogP contribution >= 0.6 is 0 Å². The van der Waals surface area contributed by atoms with Gasteiger partial charge in [-0.25, -0.2) is 4.68 Å². The van der Waals surface area contributed by atoms with Gasteiger partial charge in [0.05, 0.1) is 13.2 Å². The average Bonchev–Trinajstić information content (AvgIpc) is 3.19. The number of tetrazole rings is 1. The van der Waals surface area contributed by atoms with Crippen LogP contribution in [0.15, 0.2) is 24.3 Å². The molecular weight excluding hydrogens is 290 g/mol. The molecule has 1 saturated heterocycles. The number of likely N-dealkylation sites (tertiary alicyclic amines) is 1. The minimum Gasteiger partial charge on any atom is -0.494 e. The fourth-order valence-corrected chi connectivity index (χ4v) is 3.25. The lowest BCUT2D eigenvalue weighted by Gasteiger charge is -2.24. The average molecular weight is 315 g/mol. The Morgan fingerprint density at radius 3 is 2.78 bits per heavy atom. The summed E-state index contributed by atoms with van der Waals surface area (Å²) >= 11 is 0. The van der Waals surface area contributed by atoms with Crippen molar-refractivity contribution in [2.24, 2.45) is 0 Å². The van der Waals surface area contributed by atoms with Gasteiger partial charge in [0, 0.05) is 12.6 Å². The smallest absolute Gasteiger partial charge is 0.165 e. The zero-order valence-corrected chi connectivity index (χ0v) is 14.0. The van der Waals surface area contributed by atoms with Crippen LogP contribution in [0.25, 0.3) is 0 Å². The van der Waals surface area contributed by atoms with E-state index in [9.17, 15) is 0 Å². The molecule has 0 bridgehead atoms. The van der Waals surface area contributed by atoms with Crippen LogP contribution in [-0.4, -0.2) is 38.3 Å². The third kappa shape index (κ3) is 3.69. The molecule has 6 heteroatoms. The van der Waals surface area contributed by atoms with Crippen molar-refractivity contribution in [2.75, 3.05) is 13.2 Å². The number of rotatable bonds is 7. The molecule has 1 aromatic carbocycles. The van der Waals surface area contributed by atoms with E-state index in [2.05, 4.69) is 51.6 Å². The van der Waals surface area contributed by atoms with Gasteiger partial charge in [-0.1, -0.05) is 19.1 Å². The first-order chi connectivity index (χ1) is 11.3. The molecule has 1 aliphatic rings. The number of hydrogen-bond donors (Lipinski definition) is 0. The predicted octanol–water partition coefficient (Wildman–Crippen LogP) is 2.82. The number of ether oxygens (including phenoxy) is 1. The van der Waals surface area contributed by atoms with Gasteiger partial charge in [-0.05, 0) is 60.9 Å². The molecule has 23 heavy (non-hydrogen) atoms. The Hall–Kier alpha value is -1.95. The van der Waals surface area contributed by atoms with E-state index in [-0.39, 0.29) is 0 Å². The molecule has 0 spiro atoms. The molecule has 1 atom stereocenters. The van der Waals surface area contributed by atoms with Crippen molar-refractivity contribution < 1.29 is 4.74 Å². The summed E-state index contributed by atoms with van der Waals surface area (Å²) in [5, 5.41) is 12.1. The number of benzene rings is 1. The summed E-state index contributed by atoms with van der Waals surface area (Å²) in [6.07, 6.45) is 3.44. The molecule has 1 fully saturated rings. The van der Waals surface area contributed by atoms with Crippen LogP contribution in [0.3, 0.4) is 0 Å². The molecule has 0 radical (unpaired) electrons. The summed E-state index contributed by atoms with van der Waals surface area (Å²) in [5.74, 6) is 1.90. The Morgan fingerprint density at radius 2 is 2.04 bits per heavy atom. The van der Waals surface area contributed by atoms with Crippen LogP contribution in [0.4, 0.5) is 0 Å². The van der Waals surface area contributed by atoms with Crippen molar-refractivity contribution >= 4 is 0 Å². The maximum atomic E-state index is 5.53. The Kier molecular flexibility index (Phi) is 5.23. The maximum absolute atomic E-state index is 5.53. The summed E-state index contributed by atoms with van der Waals surface area (Å²) < 4.78 is 7.46. The van der Waals surface area contributed by atoms with Gasteiger partial charge < -0.3 is 4.74 Å². The fraction of sp³-hybridized carbons (Fsp3) is 0.588. The van der Waals surface area contributed by atoms with Gasteiger partial charge in [0.25, 0.3) is 0 Å². The highest BCUT2D eigenvalue weighted by molar-refractivity contribution is 5.29. The van der Waals surface area contributed by atoms with Crippen LogP contribution in [0.1, 0.15) is 50.5 Å². The zero-order valence-electron chi connectivity index (χ0n) is 14.0. The van der Waals surface area contributed by atoms with Crippen molar-refractivity contribution in [1.82, 2.24) is 25.1 Å². The molecule has 3 rings (SSSR count). The third-order valence-corrected chi connectivity index (χ3v) is 4.33. The van der Waals surface area contributed by atoms with Crippen LogP contribution in [0.2, 0.25) is 0 Å². The van der Waals surface area contributed by atoms with E-state index in [1.807, 2.05) is 11.6 Å². The maximum Gasteiger partial charge on any atom is 0.165 e. The van der Waals surface area contributed by atoms with Gasteiger partial charge in [0.2, 0.25) is 0 Å². The molecule has 0 N–H and O–H groups in total. The van der Waals surface area contributed by atoms with E-state index in [1.165, 1.54) is 18.4 Å². The quantitative estimate of drug-likeness (QED) is 0.786. The lowest BCUT2D eigenvalue weighted by Crippen LogP contribution is -2.25. The first-order valence-electron chi connectivity index (χ1n) is 8.53. The molecule has 6 nitrogen and oxygen atoms in total. The van der Waals surface area contributed by atoms with E-state index in [0.717, 1.165) is 37.6 Å². The number of hydrogen-bond acceptors (Lipinski definition) is 5. The third-order valence-electron chi connectivity index (χ3n) is 4.33. The summed E-state index contributed by atoms with van der Waals surface area (Å²) in [6.45, 7) is 7.64. The normalized spacial score (nSPS) is 18.4. The molecule has 2 heterocycles. The molecular formula is C17H25N5O. The minimum absolute atomic E-state index is 0.442. The summed E-state index contributed by atoms with van der Waals surface area (Å²) in [6, 6.07) is 8.94. The monoisotopic (exact) mass is 315 g/mol. The van der Waals surface area contributed by atoms with Gasteiger partial charge in [-0.15, -0.1) is 5.10 Å². The highest BCUT2D eigenvalue weighted by Crippen LogP contribution is 2.33. The van der Waals surface area contributed by atoms with Gasteiger partial charge in [0.1, 0.15) is 5.75 Å². The largest absolute Gasteiger partial charge is 0.494 e. The van der Waals surface area contributed by atoms with Gasteiger partial charge in [0.15, 0.2) is 5.82 Å².